The Labute approximate surface area is 123 Å². The molecule has 1 amide bonds. The average Bonchev–Trinajstić information content (AvgIpc) is 3.37. The number of aryl methyl sites for hydroxylation is 2. The minimum absolute atomic E-state index is 0.0106. The molecule has 5 heteroatoms. The van der Waals surface area contributed by atoms with Crippen LogP contribution in [0.15, 0.2) is 12.3 Å². The molecule has 0 bridgehead atoms. The van der Waals surface area contributed by atoms with E-state index in [9.17, 15) is 4.79 Å². The molecule has 2 fully saturated rings. The molecule has 2 heterocycles. The molecule has 1 N–H and O–H groups in total. The van der Waals surface area contributed by atoms with Gasteiger partial charge >= 0.3 is 0 Å². The van der Waals surface area contributed by atoms with E-state index in [4.69, 9.17) is 0 Å². The van der Waals surface area contributed by atoms with Gasteiger partial charge < -0.3 is 5.32 Å². The van der Waals surface area contributed by atoms with E-state index in [1.807, 2.05) is 20.0 Å². The van der Waals surface area contributed by atoms with Gasteiger partial charge in [0, 0.05) is 24.7 Å². The molecule has 110 valence electrons. The van der Waals surface area contributed by atoms with Crippen LogP contribution in [0.1, 0.15) is 41.7 Å². The van der Waals surface area contributed by atoms with Crippen LogP contribution < -0.4 is 5.32 Å². The monoisotopic (exact) mass is 284 g/mol. The number of hydrogen-bond acceptors (Lipinski definition) is 3. The van der Waals surface area contributed by atoms with Crippen LogP contribution in [0.3, 0.4) is 0 Å². The third-order valence-electron chi connectivity index (χ3n) is 4.68. The molecule has 0 atom stereocenters. The first-order chi connectivity index (χ1) is 10.1. The van der Waals surface area contributed by atoms with Gasteiger partial charge in [0.05, 0.1) is 11.3 Å². The van der Waals surface area contributed by atoms with Gasteiger partial charge in [-0.15, -0.1) is 0 Å². The second kappa shape index (κ2) is 4.55. The van der Waals surface area contributed by atoms with Crippen LogP contribution in [0.25, 0.3) is 11.0 Å². The number of nitrogens with zero attached hydrogens (tertiary/aromatic N) is 3. The summed E-state index contributed by atoms with van der Waals surface area (Å²) in [5, 5.41) is 8.55. The third-order valence-corrected chi connectivity index (χ3v) is 4.68. The fourth-order valence-electron chi connectivity index (χ4n) is 3.20. The van der Waals surface area contributed by atoms with Crippen molar-refractivity contribution in [2.45, 2.75) is 38.6 Å². The molecular formula is C16H20N4O. The van der Waals surface area contributed by atoms with Crippen LogP contribution in [0.5, 0.6) is 0 Å². The lowest BCUT2D eigenvalue weighted by Crippen LogP contribution is -2.38. The van der Waals surface area contributed by atoms with Crippen molar-refractivity contribution in [3.8, 4) is 0 Å². The first-order valence-electron chi connectivity index (χ1n) is 7.73. The minimum atomic E-state index is 0.0106. The van der Waals surface area contributed by atoms with Gasteiger partial charge in [-0.1, -0.05) is 0 Å². The van der Waals surface area contributed by atoms with E-state index >= 15 is 0 Å². The molecule has 2 aliphatic rings. The van der Waals surface area contributed by atoms with Crippen molar-refractivity contribution in [3.63, 3.8) is 0 Å². The first-order valence-corrected chi connectivity index (χ1v) is 7.73. The highest BCUT2D eigenvalue weighted by molar-refractivity contribution is 5.97. The van der Waals surface area contributed by atoms with Crippen LogP contribution >= 0.6 is 0 Å². The molecule has 2 saturated carbocycles. The molecule has 2 aliphatic carbocycles. The lowest BCUT2D eigenvalue weighted by Gasteiger charge is -2.17. The van der Waals surface area contributed by atoms with Crippen molar-refractivity contribution in [1.29, 1.82) is 0 Å². The summed E-state index contributed by atoms with van der Waals surface area (Å²) in [5.41, 5.74) is 2.38. The molecule has 4 rings (SSSR count). The van der Waals surface area contributed by atoms with E-state index in [1.165, 1.54) is 25.7 Å². The highest BCUT2D eigenvalue weighted by Crippen LogP contribution is 2.44. The molecule has 2 aromatic rings. The Balaban J connectivity index is 1.59. The molecule has 2 aromatic heterocycles. The number of fused-ring (bicyclic) bond motifs is 1. The molecular weight excluding hydrogens is 264 g/mol. The zero-order chi connectivity index (χ0) is 14.6. The number of pyridine rings is 1. The topological polar surface area (TPSA) is 59.8 Å². The number of rotatable bonds is 4. The summed E-state index contributed by atoms with van der Waals surface area (Å²) in [4.78, 5) is 16.9. The fourth-order valence-corrected chi connectivity index (χ4v) is 3.20. The van der Waals surface area contributed by atoms with E-state index < -0.39 is 0 Å². The van der Waals surface area contributed by atoms with Crippen LogP contribution in [-0.2, 0) is 7.05 Å². The Bertz CT molecular complexity index is 700. The summed E-state index contributed by atoms with van der Waals surface area (Å²) < 4.78 is 1.75. The Morgan fingerprint density at radius 2 is 2.00 bits per heavy atom. The van der Waals surface area contributed by atoms with E-state index in [-0.39, 0.29) is 5.91 Å². The Hall–Kier alpha value is -1.91. The van der Waals surface area contributed by atoms with Gasteiger partial charge in [-0.3, -0.25) is 9.48 Å². The highest BCUT2D eigenvalue weighted by atomic mass is 16.1. The van der Waals surface area contributed by atoms with Crippen molar-refractivity contribution >= 4 is 16.9 Å². The SMILES string of the molecule is Cc1nn(C)c2ncc(C(=O)NC(C3CC3)C3CC3)cc12. The van der Waals surface area contributed by atoms with Crippen LogP contribution in [0.2, 0.25) is 0 Å². The Morgan fingerprint density at radius 1 is 1.33 bits per heavy atom. The largest absolute Gasteiger partial charge is 0.349 e. The lowest BCUT2D eigenvalue weighted by atomic mass is 10.1. The summed E-state index contributed by atoms with van der Waals surface area (Å²) in [6, 6.07) is 2.29. The normalized spacial score (nSPS) is 18.4. The highest BCUT2D eigenvalue weighted by Gasteiger charge is 2.42. The van der Waals surface area contributed by atoms with Crippen molar-refractivity contribution in [1.82, 2.24) is 20.1 Å². The Kier molecular flexibility index (Phi) is 2.77. The zero-order valence-electron chi connectivity index (χ0n) is 12.5. The number of nitrogens with one attached hydrogen (secondary N) is 1. The van der Waals surface area contributed by atoms with Crippen molar-refractivity contribution in [2.24, 2.45) is 18.9 Å². The predicted molar refractivity (Wildman–Crippen MR) is 79.9 cm³/mol. The van der Waals surface area contributed by atoms with E-state index in [1.54, 1.807) is 10.9 Å². The summed E-state index contributed by atoms with van der Waals surface area (Å²) in [6.45, 7) is 1.95. The number of aromatic nitrogens is 3. The maximum absolute atomic E-state index is 12.5. The van der Waals surface area contributed by atoms with Gasteiger partial charge in [-0.2, -0.15) is 5.10 Å². The van der Waals surface area contributed by atoms with E-state index in [2.05, 4.69) is 15.4 Å². The quantitative estimate of drug-likeness (QED) is 0.936. The number of carbonyl (C=O) groups is 1. The van der Waals surface area contributed by atoms with Crippen LogP contribution in [0.4, 0.5) is 0 Å². The number of carbonyl (C=O) groups excluding carboxylic acids is 1. The minimum Gasteiger partial charge on any atom is -0.349 e. The molecule has 0 spiro atoms. The molecule has 0 aliphatic heterocycles. The maximum atomic E-state index is 12.5. The van der Waals surface area contributed by atoms with Gasteiger partial charge in [0.25, 0.3) is 5.91 Å². The summed E-state index contributed by atoms with van der Waals surface area (Å²) >= 11 is 0. The van der Waals surface area contributed by atoms with Gasteiger partial charge in [0.2, 0.25) is 0 Å². The van der Waals surface area contributed by atoms with Crippen molar-refractivity contribution in [2.75, 3.05) is 0 Å². The Morgan fingerprint density at radius 3 is 2.62 bits per heavy atom. The van der Waals surface area contributed by atoms with Crippen LogP contribution in [-0.4, -0.2) is 26.7 Å². The first kappa shape index (κ1) is 12.8. The zero-order valence-corrected chi connectivity index (χ0v) is 12.5. The standard InChI is InChI=1S/C16H20N4O/c1-9-13-7-12(8-17-15(13)20(2)19-9)16(21)18-14(10-3-4-10)11-5-6-11/h7-8,10-11,14H,3-6H2,1-2H3,(H,18,21). The number of amides is 1. The van der Waals surface area contributed by atoms with E-state index in [0.717, 1.165) is 16.7 Å². The molecule has 0 radical (unpaired) electrons. The van der Waals surface area contributed by atoms with Gasteiger partial charge in [0.15, 0.2) is 5.65 Å². The lowest BCUT2D eigenvalue weighted by molar-refractivity contribution is 0.0926. The second-order valence-corrected chi connectivity index (χ2v) is 6.48. The smallest absolute Gasteiger partial charge is 0.253 e. The molecule has 5 nitrogen and oxygen atoms in total. The predicted octanol–water partition coefficient (Wildman–Crippen LogP) is 2.20. The molecule has 0 saturated heterocycles. The van der Waals surface area contributed by atoms with E-state index in [0.29, 0.717) is 23.4 Å². The van der Waals surface area contributed by atoms with Gasteiger partial charge in [-0.25, -0.2) is 4.98 Å². The molecule has 21 heavy (non-hydrogen) atoms. The summed E-state index contributed by atoms with van der Waals surface area (Å²) in [7, 11) is 1.87. The fraction of sp³-hybridized carbons (Fsp3) is 0.562. The number of hydrogen-bond donors (Lipinski definition) is 1. The van der Waals surface area contributed by atoms with Crippen LogP contribution in [0, 0.1) is 18.8 Å². The maximum Gasteiger partial charge on any atom is 0.253 e. The average molecular weight is 284 g/mol. The third kappa shape index (κ3) is 2.30. The second-order valence-electron chi connectivity index (χ2n) is 6.48. The van der Waals surface area contributed by atoms with Crippen molar-refractivity contribution < 1.29 is 4.79 Å². The van der Waals surface area contributed by atoms with Gasteiger partial charge in [0.1, 0.15) is 0 Å². The molecule has 0 aromatic carbocycles. The summed E-state index contributed by atoms with van der Waals surface area (Å²) in [5.74, 6) is 1.42. The molecule has 0 unspecified atom stereocenters. The van der Waals surface area contributed by atoms with Crippen molar-refractivity contribution in [3.05, 3.63) is 23.5 Å². The van der Waals surface area contributed by atoms with Gasteiger partial charge in [-0.05, 0) is 50.5 Å². The summed E-state index contributed by atoms with van der Waals surface area (Å²) in [6.07, 6.45) is 6.72.